The average Bonchev–Trinajstić information content (AvgIpc) is 2.42. The van der Waals surface area contributed by atoms with E-state index >= 15 is 0 Å². The van der Waals surface area contributed by atoms with E-state index in [2.05, 4.69) is 5.32 Å². The normalized spacial score (nSPS) is 10.3. The van der Waals surface area contributed by atoms with Crippen LogP contribution in [-0.2, 0) is 9.47 Å². The van der Waals surface area contributed by atoms with Crippen LogP contribution in [-0.4, -0.2) is 44.3 Å². The highest BCUT2D eigenvalue weighted by Crippen LogP contribution is 2.22. The monoisotopic (exact) mass is 302 g/mol. The zero-order chi connectivity index (χ0) is 15.0. The third kappa shape index (κ3) is 5.12. The van der Waals surface area contributed by atoms with Crippen LogP contribution in [0.25, 0.3) is 0 Å². The molecule has 110 valence electrons. The van der Waals surface area contributed by atoms with Crippen molar-refractivity contribution in [1.82, 2.24) is 5.32 Å². The molecule has 1 aromatic rings. The summed E-state index contributed by atoms with van der Waals surface area (Å²) < 4.78 is 9.95. The number of nitrogens with one attached hydrogen (secondary N) is 1. The fourth-order valence-electron chi connectivity index (χ4n) is 1.43. The summed E-state index contributed by atoms with van der Waals surface area (Å²) in [5.74, 6) is -0.561. The molecule has 0 radical (unpaired) electrons. The smallest absolute Gasteiger partial charge is 0.282 e. The molecule has 0 spiro atoms. The first-order valence-corrected chi connectivity index (χ1v) is 6.23. The van der Waals surface area contributed by atoms with Crippen molar-refractivity contribution < 1.29 is 19.2 Å². The number of rotatable bonds is 8. The Labute approximate surface area is 121 Å². The number of ether oxygens (including phenoxy) is 2. The van der Waals surface area contributed by atoms with Crippen LogP contribution in [0.2, 0.25) is 5.02 Å². The van der Waals surface area contributed by atoms with Gasteiger partial charge >= 0.3 is 0 Å². The molecule has 7 nitrogen and oxygen atoms in total. The molecule has 0 atom stereocenters. The molecule has 0 heterocycles. The number of hydrogen-bond donors (Lipinski definition) is 1. The Morgan fingerprint density at radius 2 is 2.15 bits per heavy atom. The van der Waals surface area contributed by atoms with Crippen molar-refractivity contribution in [2.45, 2.75) is 0 Å². The highest BCUT2D eigenvalue weighted by Gasteiger charge is 2.19. The van der Waals surface area contributed by atoms with Gasteiger partial charge in [0.15, 0.2) is 0 Å². The second-order valence-corrected chi connectivity index (χ2v) is 4.22. The van der Waals surface area contributed by atoms with Crippen LogP contribution in [0.1, 0.15) is 10.4 Å². The maximum atomic E-state index is 11.9. The Bertz CT molecular complexity index is 481. The van der Waals surface area contributed by atoms with Gasteiger partial charge < -0.3 is 14.8 Å². The third-order valence-corrected chi connectivity index (χ3v) is 2.60. The van der Waals surface area contributed by atoms with Crippen molar-refractivity contribution >= 4 is 23.2 Å². The van der Waals surface area contributed by atoms with Gasteiger partial charge in [-0.1, -0.05) is 11.6 Å². The standard InChI is InChI=1S/C12H15ClN2O5/c1-19-6-7-20-5-4-14-12(16)10-8-9(13)2-3-11(10)15(17)18/h2-3,8H,4-7H2,1H3,(H,14,16). The van der Waals surface area contributed by atoms with Crippen molar-refractivity contribution in [2.75, 3.05) is 33.5 Å². The lowest BCUT2D eigenvalue weighted by Gasteiger charge is -2.07. The minimum Gasteiger partial charge on any atom is -0.382 e. The number of carbonyl (C=O) groups is 1. The Hall–Kier alpha value is -1.70. The molecule has 0 fully saturated rings. The van der Waals surface area contributed by atoms with Gasteiger partial charge in [0, 0.05) is 24.7 Å². The van der Waals surface area contributed by atoms with Gasteiger partial charge in [0.2, 0.25) is 0 Å². The first kappa shape index (κ1) is 16.4. The number of benzene rings is 1. The minimum atomic E-state index is -0.625. The summed E-state index contributed by atoms with van der Waals surface area (Å²) in [5, 5.41) is 13.6. The van der Waals surface area contributed by atoms with Crippen molar-refractivity contribution in [1.29, 1.82) is 0 Å². The molecule has 1 amide bonds. The van der Waals surface area contributed by atoms with Gasteiger partial charge in [0.1, 0.15) is 5.56 Å². The van der Waals surface area contributed by atoms with E-state index in [1.165, 1.54) is 18.2 Å². The summed E-state index contributed by atoms with van der Waals surface area (Å²) in [6, 6.07) is 3.83. The minimum absolute atomic E-state index is 0.0700. The van der Waals surface area contributed by atoms with Crippen molar-refractivity contribution in [3.8, 4) is 0 Å². The second-order valence-electron chi connectivity index (χ2n) is 3.78. The molecular weight excluding hydrogens is 288 g/mol. The van der Waals surface area contributed by atoms with Crippen LogP contribution in [0.3, 0.4) is 0 Å². The maximum Gasteiger partial charge on any atom is 0.282 e. The summed E-state index contributed by atoms with van der Waals surface area (Å²) in [6.07, 6.45) is 0. The molecule has 20 heavy (non-hydrogen) atoms. The number of amides is 1. The molecule has 1 rings (SSSR count). The molecule has 0 bridgehead atoms. The maximum absolute atomic E-state index is 11.9. The number of nitro benzene ring substituents is 1. The summed E-state index contributed by atoms with van der Waals surface area (Å²) in [4.78, 5) is 22.1. The van der Waals surface area contributed by atoms with Crippen LogP contribution >= 0.6 is 11.6 Å². The van der Waals surface area contributed by atoms with Crippen LogP contribution in [0, 0.1) is 10.1 Å². The van der Waals surface area contributed by atoms with Gasteiger partial charge in [-0.05, 0) is 12.1 Å². The van der Waals surface area contributed by atoms with Crippen molar-refractivity contribution in [3.05, 3.63) is 38.9 Å². The molecule has 0 aliphatic rings. The highest BCUT2D eigenvalue weighted by atomic mass is 35.5. The summed E-state index contributed by atoms with van der Waals surface area (Å²) in [7, 11) is 1.56. The van der Waals surface area contributed by atoms with E-state index in [4.69, 9.17) is 21.1 Å². The van der Waals surface area contributed by atoms with E-state index in [1.54, 1.807) is 7.11 Å². The van der Waals surface area contributed by atoms with E-state index in [9.17, 15) is 14.9 Å². The topological polar surface area (TPSA) is 90.7 Å². The SMILES string of the molecule is COCCOCCNC(=O)c1cc(Cl)ccc1[N+](=O)[O-]. The lowest BCUT2D eigenvalue weighted by Crippen LogP contribution is -2.28. The zero-order valence-electron chi connectivity index (χ0n) is 10.9. The number of carbonyl (C=O) groups excluding carboxylic acids is 1. The van der Waals surface area contributed by atoms with Crippen LogP contribution in [0.5, 0.6) is 0 Å². The first-order valence-electron chi connectivity index (χ1n) is 5.85. The number of methoxy groups -OCH3 is 1. The van der Waals surface area contributed by atoms with Crippen LogP contribution < -0.4 is 5.32 Å². The highest BCUT2D eigenvalue weighted by molar-refractivity contribution is 6.31. The van der Waals surface area contributed by atoms with E-state index < -0.39 is 10.8 Å². The van der Waals surface area contributed by atoms with Gasteiger partial charge in [-0.3, -0.25) is 14.9 Å². The molecule has 0 saturated carbocycles. The summed E-state index contributed by atoms with van der Waals surface area (Å²) in [5.41, 5.74) is -0.355. The number of hydrogen-bond acceptors (Lipinski definition) is 5. The molecular formula is C12H15ClN2O5. The molecule has 0 saturated heterocycles. The van der Waals surface area contributed by atoms with Crippen LogP contribution in [0.15, 0.2) is 18.2 Å². The van der Waals surface area contributed by atoms with Gasteiger partial charge in [-0.2, -0.15) is 0 Å². The second kappa shape index (κ2) is 8.47. The van der Waals surface area contributed by atoms with Gasteiger partial charge in [-0.15, -0.1) is 0 Å². The van der Waals surface area contributed by atoms with Crippen molar-refractivity contribution in [2.24, 2.45) is 0 Å². The molecule has 0 aliphatic heterocycles. The molecule has 0 unspecified atom stereocenters. The van der Waals surface area contributed by atoms with E-state index in [1.807, 2.05) is 0 Å². The van der Waals surface area contributed by atoms with Gasteiger partial charge in [-0.25, -0.2) is 0 Å². The molecule has 0 aromatic heterocycles. The van der Waals surface area contributed by atoms with E-state index in [0.29, 0.717) is 19.8 Å². The Morgan fingerprint density at radius 3 is 2.80 bits per heavy atom. The fraction of sp³-hybridized carbons (Fsp3) is 0.417. The number of nitrogens with zero attached hydrogens (tertiary/aromatic N) is 1. The lowest BCUT2D eigenvalue weighted by atomic mass is 10.1. The third-order valence-electron chi connectivity index (χ3n) is 2.36. The van der Waals surface area contributed by atoms with E-state index in [-0.39, 0.29) is 22.8 Å². The average molecular weight is 303 g/mol. The van der Waals surface area contributed by atoms with Crippen molar-refractivity contribution in [3.63, 3.8) is 0 Å². The Morgan fingerprint density at radius 1 is 1.40 bits per heavy atom. The van der Waals surface area contributed by atoms with E-state index in [0.717, 1.165) is 0 Å². The van der Waals surface area contributed by atoms with Gasteiger partial charge in [0.05, 0.1) is 24.7 Å². The predicted octanol–water partition coefficient (Wildman–Crippen LogP) is 1.64. The molecule has 0 aliphatic carbocycles. The number of halogens is 1. The lowest BCUT2D eigenvalue weighted by molar-refractivity contribution is -0.385. The fourth-order valence-corrected chi connectivity index (χ4v) is 1.60. The molecule has 8 heteroatoms. The Balaban J connectivity index is 2.54. The largest absolute Gasteiger partial charge is 0.382 e. The quantitative estimate of drug-likeness (QED) is 0.448. The molecule has 1 aromatic carbocycles. The van der Waals surface area contributed by atoms with Crippen LogP contribution in [0.4, 0.5) is 5.69 Å². The zero-order valence-corrected chi connectivity index (χ0v) is 11.7. The predicted molar refractivity (Wildman–Crippen MR) is 73.1 cm³/mol. The number of nitro groups is 1. The summed E-state index contributed by atoms with van der Waals surface area (Å²) in [6.45, 7) is 1.42. The first-order chi connectivity index (χ1) is 9.56. The summed E-state index contributed by atoms with van der Waals surface area (Å²) >= 11 is 5.74. The Kier molecular flexibility index (Phi) is 6.92. The molecule has 1 N–H and O–H groups in total. The van der Waals surface area contributed by atoms with Gasteiger partial charge in [0.25, 0.3) is 11.6 Å².